The van der Waals surface area contributed by atoms with E-state index in [9.17, 15) is 4.79 Å². The quantitative estimate of drug-likeness (QED) is 0.841. The highest BCUT2D eigenvalue weighted by molar-refractivity contribution is 8.01. The lowest BCUT2D eigenvalue weighted by atomic mass is 9.88. The Bertz CT molecular complexity index is 651. The molecule has 102 valence electrons. The van der Waals surface area contributed by atoms with Crippen LogP contribution in [0.4, 0.5) is 0 Å². The van der Waals surface area contributed by atoms with E-state index < -0.39 is 4.75 Å². The monoisotopic (exact) mass is 284 g/mol. The number of rotatable bonds is 3. The molecule has 0 fully saturated rings. The van der Waals surface area contributed by atoms with Gasteiger partial charge in [-0.25, -0.2) is 0 Å². The van der Waals surface area contributed by atoms with E-state index in [0.717, 1.165) is 28.2 Å². The summed E-state index contributed by atoms with van der Waals surface area (Å²) in [6, 6.07) is 15.7. The topological polar surface area (TPSA) is 26.3 Å². The molecule has 1 heterocycles. The van der Waals surface area contributed by atoms with Gasteiger partial charge >= 0.3 is 0 Å². The molecule has 1 atom stereocenters. The average Bonchev–Trinajstić information content (AvgIpc) is 2.81. The van der Waals surface area contributed by atoms with Gasteiger partial charge in [0.05, 0.1) is 7.11 Å². The predicted molar refractivity (Wildman–Crippen MR) is 81.6 cm³/mol. The predicted octanol–water partition coefficient (Wildman–Crippen LogP) is 4.29. The first-order chi connectivity index (χ1) is 9.71. The number of Topliss-reactive ketones (excluding diaryl/α,β-unsaturated/α-hetero) is 1. The third kappa shape index (κ3) is 1.85. The van der Waals surface area contributed by atoms with Crippen LogP contribution in [-0.4, -0.2) is 12.9 Å². The molecule has 0 spiro atoms. The van der Waals surface area contributed by atoms with Crippen LogP contribution >= 0.6 is 11.8 Å². The lowest BCUT2D eigenvalue weighted by Gasteiger charge is -2.25. The zero-order chi connectivity index (χ0) is 14.2. The van der Waals surface area contributed by atoms with Crippen molar-refractivity contribution in [3.63, 3.8) is 0 Å². The summed E-state index contributed by atoms with van der Waals surface area (Å²) in [6.07, 6.45) is 0.775. The van der Waals surface area contributed by atoms with Gasteiger partial charge < -0.3 is 4.74 Å². The number of hydrogen-bond donors (Lipinski definition) is 0. The molecule has 0 radical (unpaired) electrons. The van der Waals surface area contributed by atoms with Crippen LogP contribution in [0.15, 0.2) is 53.4 Å². The molecule has 3 rings (SSSR count). The summed E-state index contributed by atoms with van der Waals surface area (Å²) in [4.78, 5) is 13.9. The van der Waals surface area contributed by atoms with E-state index in [1.165, 1.54) is 0 Å². The average molecular weight is 284 g/mol. The molecule has 1 aliphatic rings. The van der Waals surface area contributed by atoms with Crippen LogP contribution in [0.1, 0.15) is 29.3 Å². The second-order valence-corrected chi connectivity index (χ2v) is 6.18. The van der Waals surface area contributed by atoms with Crippen molar-refractivity contribution in [2.45, 2.75) is 23.0 Å². The molecule has 0 saturated carbocycles. The molecule has 0 saturated heterocycles. The van der Waals surface area contributed by atoms with E-state index in [1.807, 2.05) is 48.5 Å². The second-order valence-electron chi connectivity index (χ2n) is 4.84. The Morgan fingerprint density at radius 3 is 2.55 bits per heavy atom. The van der Waals surface area contributed by atoms with Crippen LogP contribution in [0.3, 0.4) is 0 Å². The van der Waals surface area contributed by atoms with E-state index in [0.29, 0.717) is 0 Å². The van der Waals surface area contributed by atoms with Gasteiger partial charge in [-0.3, -0.25) is 4.79 Å². The zero-order valence-electron chi connectivity index (χ0n) is 11.6. The fraction of sp³-hybridized carbons (Fsp3) is 0.235. The molecule has 3 heteroatoms. The molecule has 0 amide bonds. The van der Waals surface area contributed by atoms with Crippen molar-refractivity contribution in [1.82, 2.24) is 0 Å². The Balaban J connectivity index is 2.11. The molecule has 0 aromatic heterocycles. The van der Waals surface area contributed by atoms with Gasteiger partial charge in [0.15, 0.2) is 5.78 Å². The molecular formula is C17H16O2S. The van der Waals surface area contributed by atoms with E-state index in [1.54, 1.807) is 18.9 Å². The van der Waals surface area contributed by atoms with Crippen LogP contribution in [-0.2, 0) is 4.75 Å². The first-order valence-corrected chi connectivity index (χ1v) is 7.50. The number of benzene rings is 2. The van der Waals surface area contributed by atoms with E-state index >= 15 is 0 Å². The Morgan fingerprint density at radius 2 is 1.90 bits per heavy atom. The van der Waals surface area contributed by atoms with Crippen molar-refractivity contribution in [3.05, 3.63) is 59.7 Å². The van der Waals surface area contributed by atoms with Gasteiger partial charge in [0.25, 0.3) is 0 Å². The summed E-state index contributed by atoms with van der Waals surface area (Å²) < 4.78 is 4.77. The lowest BCUT2D eigenvalue weighted by Crippen LogP contribution is -2.27. The highest BCUT2D eigenvalue weighted by Gasteiger charge is 2.46. The van der Waals surface area contributed by atoms with Gasteiger partial charge in [0, 0.05) is 10.5 Å². The molecule has 2 aromatic carbocycles. The molecular weight excluding hydrogens is 268 g/mol. The summed E-state index contributed by atoms with van der Waals surface area (Å²) in [5.74, 6) is 0.998. The molecule has 2 aromatic rings. The number of carbonyl (C=O) groups excluding carboxylic acids is 1. The van der Waals surface area contributed by atoms with Gasteiger partial charge in [-0.15, -0.1) is 11.8 Å². The minimum Gasteiger partial charge on any atom is -0.497 e. The number of ketones is 1. The standard InChI is InChI=1S/C17H16O2S/c1-3-17(12-7-5-4-6-8-12)16(18)14-10-9-13(19-2)11-15(14)20-17/h4-11H,3H2,1-2H3. The maximum absolute atomic E-state index is 12.9. The van der Waals surface area contributed by atoms with Crippen molar-refractivity contribution < 1.29 is 9.53 Å². The third-order valence-electron chi connectivity index (χ3n) is 3.82. The maximum atomic E-state index is 12.9. The fourth-order valence-electron chi connectivity index (χ4n) is 2.69. The number of hydrogen-bond acceptors (Lipinski definition) is 3. The second kappa shape index (κ2) is 4.98. The summed E-state index contributed by atoms with van der Waals surface area (Å²) in [6.45, 7) is 2.07. The zero-order valence-corrected chi connectivity index (χ0v) is 12.4. The van der Waals surface area contributed by atoms with Crippen molar-refractivity contribution in [1.29, 1.82) is 0 Å². The largest absolute Gasteiger partial charge is 0.497 e. The van der Waals surface area contributed by atoms with Crippen LogP contribution in [0.5, 0.6) is 5.75 Å². The van der Waals surface area contributed by atoms with Crippen molar-refractivity contribution in [3.8, 4) is 5.75 Å². The van der Waals surface area contributed by atoms with Crippen molar-refractivity contribution in [2.75, 3.05) is 7.11 Å². The van der Waals surface area contributed by atoms with E-state index in [4.69, 9.17) is 4.74 Å². The molecule has 20 heavy (non-hydrogen) atoms. The van der Waals surface area contributed by atoms with Gasteiger partial charge in [0.2, 0.25) is 0 Å². The summed E-state index contributed by atoms with van der Waals surface area (Å²) in [5, 5.41) is 0. The van der Waals surface area contributed by atoms with E-state index in [-0.39, 0.29) is 5.78 Å². The summed E-state index contributed by atoms with van der Waals surface area (Å²) in [5.41, 5.74) is 1.88. The smallest absolute Gasteiger partial charge is 0.184 e. The third-order valence-corrected chi connectivity index (χ3v) is 5.44. The number of carbonyl (C=O) groups is 1. The van der Waals surface area contributed by atoms with Gasteiger partial charge in [-0.2, -0.15) is 0 Å². The number of methoxy groups -OCH3 is 1. The molecule has 2 nitrogen and oxygen atoms in total. The minimum absolute atomic E-state index is 0.203. The Morgan fingerprint density at radius 1 is 1.15 bits per heavy atom. The van der Waals surface area contributed by atoms with E-state index in [2.05, 4.69) is 6.92 Å². The number of ether oxygens (including phenoxy) is 1. The SMILES string of the molecule is CCC1(c2ccccc2)Sc2cc(OC)ccc2C1=O. The van der Waals surface area contributed by atoms with Gasteiger partial charge in [0.1, 0.15) is 10.5 Å². The van der Waals surface area contributed by atoms with Gasteiger partial charge in [-0.05, 0) is 30.2 Å². The highest BCUT2D eigenvalue weighted by Crippen LogP contribution is 2.53. The molecule has 0 aliphatic carbocycles. The highest BCUT2D eigenvalue weighted by atomic mass is 32.2. The number of thioether (sulfide) groups is 1. The summed E-state index contributed by atoms with van der Waals surface area (Å²) in [7, 11) is 1.65. The Hall–Kier alpha value is -1.74. The first-order valence-electron chi connectivity index (χ1n) is 6.68. The lowest BCUT2D eigenvalue weighted by molar-refractivity contribution is 0.0943. The number of fused-ring (bicyclic) bond motifs is 1. The van der Waals surface area contributed by atoms with Crippen LogP contribution in [0.2, 0.25) is 0 Å². The fourth-order valence-corrected chi connectivity index (χ4v) is 4.11. The Labute approximate surface area is 123 Å². The summed E-state index contributed by atoms with van der Waals surface area (Å²) >= 11 is 1.64. The van der Waals surface area contributed by atoms with Gasteiger partial charge in [-0.1, -0.05) is 37.3 Å². The van der Waals surface area contributed by atoms with Crippen LogP contribution < -0.4 is 4.74 Å². The molecule has 1 aliphatic heterocycles. The molecule has 0 N–H and O–H groups in total. The normalized spacial score (nSPS) is 20.8. The van der Waals surface area contributed by atoms with Crippen LogP contribution in [0.25, 0.3) is 0 Å². The van der Waals surface area contributed by atoms with Crippen molar-refractivity contribution >= 4 is 17.5 Å². The minimum atomic E-state index is -0.490. The van der Waals surface area contributed by atoms with Crippen molar-refractivity contribution in [2.24, 2.45) is 0 Å². The maximum Gasteiger partial charge on any atom is 0.184 e. The first kappa shape index (κ1) is 13.3. The van der Waals surface area contributed by atoms with Crippen LogP contribution in [0, 0.1) is 0 Å². The molecule has 0 bridgehead atoms. The Kier molecular flexibility index (Phi) is 3.30. The molecule has 1 unspecified atom stereocenters.